The van der Waals surface area contributed by atoms with Gasteiger partial charge in [-0.25, -0.2) is 9.13 Å². The van der Waals surface area contributed by atoms with Crippen LogP contribution in [0.3, 0.4) is 0 Å². The summed E-state index contributed by atoms with van der Waals surface area (Å²) < 4.78 is 68.9. The van der Waals surface area contributed by atoms with Gasteiger partial charge in [0.05, 0.1) is 26.4 Å². The zero-order chi connectivity index (χ0) is 76.7. The standard InChI is InChI=1S/C85H166O17P2/c1-9-78(8)64-56-48-43-44-50-58-66-83(88)96-72-81(102-85(90)68-60-52-42-36-30-23-17-16-20-26-32-38-46-54-62-76(4)5)74-100-104(93,94)98-70-79(86)69-97-103(91,92)99-73-80(71-95-82(87)65-57-49-40-34-28-24-18-21-27-33-39-47-55-63-77(6)7)101-84(89)67-59-51-41-35-29-22-15-13-11-10-12-14-19-25-31-37-45-53-61-75(2)3/h75-81,86H,9-74H2,1-8H3,(H,91,92)(H,93,94)/t78?,79-,80-,81-/m1/s1. The topological polar surface area (TPSA) is 237 Å². The van der Waals surface area contributed by atoms with Crippen molar-refractivity contribution in [3.8, 4) is 0 Å². The average molecular weight is 1520 g/mol. The second kappa shape index (κ2) is 73.8. The molecule has 0 bridgehead atoms. The second-order valence-corrected chi connectivity index (χ2v) is 35.2. The first-order valence-electron chi connectivity index (χ1n) is 43.7. The van der Waals surface area contributed by atoms with Crippen LogP contribution in [0.1, 0.15) is 441 Å². The van der Waals surface area contributed by atoms with E-state index in [0.29, 0.717) is 25.7 Å². The molecule has 0 aromatic carbocycles. The molecule has 0 aromatic rings. The molecule has 0 saturated carbocycles. The molecule has 17 nitrogen and oxygen atoms in total. The zero-order valence-corrected chi connectivity index (χ0v) is 70.5. The van der Waals surface area contributed by atoms with Gasteiger partial charge in [-0.1, -0.05) is 389 Å². The summed E-state index contributed by atoms with van der Waals surface area (Å²) in [5.41, 5.74) is 0. The van der Waals surface area contributed by atoms with Crippen molar-refractivity contribution in [2.24, 2.45) is 23.7 Å². The van der Waals surface area contributed by atoms with Crippen molar-refractivity contribution in [3.05, 3.63) is 0 Å². The van der Waals surface area contributed by atoms with Crippen molar-refractivity contribution in [1.82, 2.24) is 0 Å². The fourth-order valence-electron chi connectivity index (χ4n) is 13.1. The Morgan fingerprint density at radius 3 is 0.683 bits per heavy atom. The molecule has 0 saturated heterocycles. The number of hydrogen-bond acceptors (Lipinski definition) is 15. The summed E-state index contributed by atoms with van der Waals surface area (Å²) in [6.07, 6.45) is 62.5. The summed E-state index contributed by atoms with van der Waals surface area (Å²) in [4.78, 5) is 73.2. The molecule has 0 aliphatic rings. The van der Waals surface area contributed by atoms with Gasteiger partial charge in [-0.3, -0.25) is 37.3 Å². The predicted molar refractivity (Wildman–Crippen MR) is 428 cm³/mol. The third-order valence-electron chi connectivity index (χ3n) is 20.2. The van der Waals surface area contributed by atoms with Crippen molar-refractivity contribution in [3.63, 3.8) is 0 Å². The zero-order valence-electron chi connectivity index (χ0n) is 68.7. The van der Waals surface area contributed by atoms with Gasteiger partial charge in [0.15, 0.2) is 12.2 Å². The summed E-state index contributed by atoms with van der Waals surface area (Å²) in [7, 11) is -9.93. The number of carbonyl (C=O) groups is 4. The van der Waals surface area contributed by atoms with Crippen LogP contribution in [0, 0.1) is 23.7 Å². The summed E-state index contributed by atoms with van der Waals surface area (Å²) >= 11 is 0. The summed E-state index contributed by atoms with van der Waals surface area (Å²) in [6, 6.07) is 0. The number of unbranched alkanes of at least 4 members (excludes halogenated alkanes) is 47. The number of esters is 4. The van der Waals surface area contributed by atoms with Crippen LogP contribution in [-0.4, -0.2) is 96.7 Å². The molecule has 0 heterocycles. The highest BCUT2D eigenvalue weighted by Crippen LogP contribution is 2.45. The molecular formula is C85H166O17P2. The lowest BCUT2D eigenvalue weighted by atomic mass is 10.00. The van der Waals surface area contributed by atoms with E-state index in [0.717, 1.165) is 120 Å². The van der Waals surface area contributed by atoms with Crippen LogP contribution >= 0.6 is 15.6 Å². The third-order valence-corrected chi connectivity index (χ3v) is 22.1. The van der Waals surface area contributed by atoms with E-state index in [1.807, 2.05) is 0 Å². The molecular weight excluding hydrogens is 1350 g/mol. The normalized spacial score (nSPS) is 14.2. The first-order valence-corrected chi connectivity index (χ1v) is 46.7. The highest BCUT2D eigenvalue weighted by Gasteiger charge is 2.30. The maximum absolute atomic E-state index is 13.1. The molecule has 0 aromatic heterocycles. The second-order valence-electron chi connectivity index (χ2n) is 32.2. The molecule has 3 unspecified atom stereocenters. The van der Waals surface area contributed by atoms with Crippen molar-refractivity contribution in [1.29, 1.82) is 0 Å². The van der Waals surface area contributed by atoms with E-state index in [-0.39, 0.29) is 25.7 Å². The minimum absolute atomic E-state index is 0.106. The lowest BCUT2D eigenvalue weighted by molar-refractivity contribution is -0.161. The Balaban J connectivity index is 5.23. The maximum atomic E-state index is 13.1. The minimum Gasteiger partial charge on any atom is -0.462 e. The van der Waals surface area contributed by atoms with Gasteiger partial charge in [0.2, 0.25) is 0 Å². The molecule has 0 aliphatic carbocycles. The summed E-state index contributed by atoms with van der Waals surface area (Å²) in [5.74, 6) is 1.03. The number of aliphatic hydroxyl groups excluding tert-OH is 1. The molecule has 0 aliphatic heterocycles. The monoisotopic (exact) mass is 1520 g/mol. The number of phosphoric ester groups is 2. The van der Waals surface area contributed by atoms with Crippen molar-refractivity contribution >= 4 is 39.5 Å². The van der Waals surface area contributed by atoms with E-state index in [1.165, 1.54) is 238 Å². The first kappa shape index (κ1) is 102. The Hall–Kier alpha value is -1.94. The molecule has 0 rings (SSSR count). The van der Waals surface area contributed by atoms with Crippen molar-refractivity contribution in [2.75, 3.05) is 39.6 Å². The van der Waals surface area contributed by atoms with E-state index in [4.69, 9.17) is 37.0 Å². The van der Waals surface area contributed by atoms with Crippen LogP contribution in [0.5, 0.6) is 0 Å². The van der Waals surface area contributed by atoms with Crippen LogP contribution in [0.25, 0.3) is 0 Å². The Labute approximate surface area is 638 Å². The van der Waals surface area contributed by atoms with Crippen LogP contribution in [0.15, 0.2) is 0 Å². The highest BCUT2D eigenvalue weighted by molar-refractivity contribution is 7.47. The average Bonchev–Trinajstić information content (AvgIpc) is 0.907. The third kappa shape index (κ3) is 76.8. The summed E-state index contributed by atoms with van der Waals surface area (Å²) in [6.45, 7) is 14.3. The maximum Gasteiger partial charge on any atom is 0.472 e. The SMILES string of the molecule is CCC(C)CCCCCCCCC(=O)OC[C@H](COP(=O)(O)OC[C@H](O)COP(=O)(O)OC[C@@H](COC(=O)CCCCCCCCCCCCCCCC(C)C)OC(=O)CCCCCCCCCCCCCCCCCCCCC(C)C)OC(=O)CCCCCCCCCCCCCCCCC(C)C. The van der Waals surface area contributed by atoms with Crippen LogP contribution < -0.4 is 0 Å². The van der Waals surface area contributed by atoms with Crippen molar-refractivity contribution in [2.45, 2.75) is 459 Å². The van der Waals surface area contributed by atoms with E-state index < -0.39 is 97.5 Å². The number of carbonyl (C=O) groups excluding carboxylic acids is 4. The molecule has 3 N–H and O–H groups in total. The van der Waals surface area contributed by atoms with Gasteiger partial charge < -0.3 is 33.8 Å². The lowest BCUT2D eigenvalue weighted by Gasteiger charge is -2.21. The van der Waals surface area contributed by atoms with Gasteiger partial charge in [0, 0.05) is 25.7 Å². The lowest BCUT2D eigenvalue weighted by Crippen LogP contribution is -2.30. The first-order chi connectivity index (χ1) is 50.1. The number of aliphatic hydroxyl groups is 1. The fourth-order valence-corrected chi connectivity index (χ4v) is 14.7. The van der Waals surface area contributed by atoms with Crippen LogP contribution in [0.2, 0.25) is 0 Å². The molecule has 104 heavy (non-hydrogen) atoms. The molecule has 0 amide bonds. The molecule has 0 radical (unpaired) electrons. The molecule has 19 heteroatoms. The smallest absolute Gasteiger partial charge is 0.462 e. The van der Waals surface area contributed by atoms with Gasteiger partial charge in [-0.15, -0.1) is 0 Å². The largest absolute Gasteiger partial charge is 0.472 e. The van der Waals surface area contributed by atoms with Crippen LogP contribution in [-0.2, 0) is 65.4 Å². The van der Waals surface area contributed by atoms with Gasteiger partial charge >= 0.3 is 39.5 Å². The number of rotatable bonds is 82. The predicted octanol–water partition coefficient (Wildman–Crippen LogP) is 25.6. The quantitative estimate of drug-likeness (QED) is 0.0222. The molecule has 0 fully saturated rings. The number of phosphoric acid groups is 2. The summed E-state index contributed by atoms with van der Waals surface area (Å²) in [5, 5.41) is 10.7. The minimum atomic E-state index is -4.97. The molecule has 6 atom stereocenters. The Morgan fingerprint density at radius 1 is 0.269 bits per heavy atom. The van der Waals surface area contributed by atoms with Crippen molar-refractivity contribution < 1.29 is 80.2 Å². The Morgan fingerprint density at radius 2 is 0.462 bits per heavy atom. The van der Waals surface area contributed by atoms with E-state index >= 15 is 0 Å². The van der Waals surface area contributed by atoms with Gasteiger partial charge in [-0.05, 0) is 49.4 Å². The molecule has 618 valence electrons. The number of ether oxygens (including phenoxy) is 4. The Kier molecular flexibility index (Phi) is 72.5. The molecule has 0 spiro atoms. The fraction of sp³-hybridized carbons (Fsp3) is 0.953. The van der Waals surface area contributed by atoms with E-state index in [2.05, 4.69) is 55.4 Å². The van der Waals surface area contributed by atoms with Gasteiger partial charge in [-0.2, -0.15) is 0 Å². The highest BCUT2D eigenvalue weighted by atomic mass is 31.2. The van der Waals surface area contributed by atoms with Gasteiger partial charge in [0.25, 0.3) is 0 Å². The van der Waals surface area contributed by atoms with Gasteiger partial charge in [0.1, 0.15) is 19.3 Å². The number of hydrogen-bond donors (Lipinski definition) is 3. The van der Waals surface area contributed by atoms with E-state index in [1.54, 1.807) is 0 Å². The van der Waals surface area contributed by atoms with E-state index in [9.17, 15) is 43.2 Å². The van der Waals surface area contributed by atoms with Crippen LogP contribution in [0.4, 0.5) is 0 Å². The Bertz CT molecular complexity index is 2030.